The Hall–Kier alpha value is -2.10. The second-order valence-electron chi connectivity index (χ2n) is 5.51. The summed E-state index contributed by atoms with van der Waals surface area (Å²) in [5.74, 6) is 0. The van der Waals surface area contributed by atoms with Crippen LogP contribution in [0.1, 0.15) is 11.3 Å². The number of aromatic nitrogens is 3. The summed E-state index contributed by atoms with van der Waals surface area (Å²) < 4.78 is 1.95. The molecule has 3 nitrogen and oxygen atoms in total. The number of hydrogen-bond acceptors (Lipinski definition) is 2. The van der Waals surface area contributed by atoms with E-state index in [-0.39, 0.29) is 0 Å². The van der Waals surface area contributed by atoms with Crippen LogP contribution in [0.25, 0.3) is 21.8 Å². The molecule has 0 amide bonds. The summed E-state index contributed by atoms with van der Waals surface area (Å²) in [5, 5.41) is 8.16. The van der Waals surface area contributed by atoms with Crippen molar-refractivity contribution in [1.29, 1.82) is 0 Å². The zero-order valence-corrected chi connectivity index (χ0v) is 13.9. The molecule has 2 heterocycles. The topological polar surface area (TPSA) is 30.7 Å². The minimum absolute atomic E-state index is 0.536. The number of halogens is 2. The molecule has 4 rings (SSSR count). The first-order valence-electron chi connectivity index (χ1n) is 7.28. The van der Waals surface area contributed by atoms with Gasteiger partial charge in [0.25, 0.3) is 0 Å². The van der Waals surface area contributed by atoms with Gasteiger partial charge in [-0.15, -0.1) is 0 Å². The average Bonchev–Trinajstić information content (AvgIpc) is 2.85. The number of rotatable bonds is 2. The molecule has 5 heteroatoms. The van der Waals surface area contributed by atoms with Gasteiger partial charge in [0.1, 0.15) is 0 Å². The molecule has 2 aromatic carbocycles. The van der Waals surface area contributed by atoms with Crippen LogP contribution in [0.4, 0.5) is 0 Å². The van der Waals surface area contributed by atoms with Crippen LogP contribution < -0.4 is 0 Å². The van der Waals surface area contributed by atoms with Crippen LogP contribution >= 0.6 is 23.2 Å². The molecular formula is C18H13Cl2N3. The predicted molar refractivity (Wildman–Crippen MR) is 95.3 cm³/mol. The van der Waals surface area contributed by atoms with Crippen molar-refractivity contribution in [2.45, 2.75) is 13.5 Å². The standard InChI is InChI=1S/C18H13Cl2N3/c1-11-13-9-17-12(4-3-7-21-17)8-18(13)23(22-11)10-14-15(19)5-2-6-16(14)20/h2-9H,10H2,1H3. The fraction of sp³-hybridized carbons (Fsp3) is 0.111. The molecule has 0 radical (unpaired) electrons. The number of benzene rings is 2. The summed E-state index contributed by atoms with van der Waals surface area (Å²) in [4.78, 5) is 4.41. The summed E-state index contributed by atoms with van der Waals surface area (Å²) in [6, 6.07) is 13.7. The first-order valence-corrected chi connectivity index (χ1v) is 8.04. The summed E-state index contributed by atoms with van der Waals surface area (Å²) >= 11 is 12.6. The van der Waals surface area contributed by atoms with Crippen molar-refractivity contribution in [2.75, 3.05) is 0 Å². The van der Waals surface area contributed by atoms with E-state index >= 15 is 0 Å². The van der Waals surface area contributed by atoms with Gasteiger partial charge in [0.15, 0.2) is 0 Å². The van der Waals surface area contributed by atoms with Gasteiger partial charge in [-0.3, -0.25) is 9.67 Å². The quantitative estimate of drug-likeness (QED) is 0.498. The molecular weight excluding hydrogens is 329 g/mol. The molecule has 0 spiro atoms. The molecule has 0 atom stereocenters. The van der Waals surface area contributed by atoms with Gasteiger partial charge in [0.05, 0.1) is 23.3 Å². The Labute approximate surface area is 143 Å². The van der Waals surface area contributed by atoms with Crippen LogP contribution in [0.3, 0.4) is 0 Å². The third-order valence-electron chi connectivity index (χ3n) is 4.03. The van der Waals surface area contributed by atoms with E-state index in [1.807, 2.05) is 35.9 Å². The van der Waals surface area contributed by atoms with Crippen LogP contribution in [0.5, 0.6) is 0 Å². The molecule has 0 fully saturated rings. The van der Waals surface area contributed by atoms with Crippen LogP contribution in [-0.4, -0.2) is 14.8 Å². The van der Waals surface area contributed by atoms with Gasteiger partial charge in [0.2, 0.25) is 0 Å². The average molecular weight is 342 g/mol. The Kier molecular flexibility index (Phi) is 3.47. The maximum Gasteiger partial charge on any atom is 0.0710 e. The van der Waals surface area contributed by atoms with Crippen molar-refractivity contribution >= 4 is 45.0 Å². The monoisotopic (exact) mass is 341 g/mol. The Morgan fingerprint density at radius 1 is 1.04 bits per heavy atom. The molecule has 0 bridgehead atoms. The maximum absolute atomic E-state index is 6.30. The predicted octanol–water partition coefficient (Wildman–Crippen LogP) is 5.25. The van der Waals surface area contributed by atoms with Crippen LogP contribution in [-0.2, 0) is 6.54 Å². The first-order chi connectivity index (χ1) is 11.1. The molecule has 0 aliphatic rings. The third-order valence-corrected chi connectivity index (χ3v) is 4.74. The smallest absolute Gasteiger partial charge is 0.0710 e. The van der Waals surface area contributed by atoms with Gasteiger partial charge in [-0.1, -0.05) is 35.3 Å². The van der Waals surface area contributed by atoms with Crippen LogP contribution in [0.15, 0.2) is 48.7 Å². The first kappa shape index (κ1) is 14.5. The summed E-state index contributed by atoms with van der Waals surface area (Å²) in [6.07, 6.45) is 1.80. The summed E-state index contributed by atoms with van der Waals surface area (Å²) in [7, 11) is 0. The summed E-state index contributed by atoms with van der Waals surface area (Å²) in [6.45, 7) is 2.54. The lowest BCUT2D eigenvalue weighted by molar-refractivity contribution is 0.704. The van der Waals surface area contributed by atoms with Gasteiger partial charge in [-0.2, -0.15) is 5.10 Å². The van der Waals surface area contributed by atoms with Gasteiger partial charge >= 0.3 is 0 Å². The highest BCUT2D eigenvalue weighted by Crippen LogP contribution is 2.28. The van der Waals surface area contributed by atoms with E-state index in [0.29, 0.717) is 16.6 Å². The molecule has 4 aromatic rings. The minimum atomic E-state index is 0.536. The highest BCUT2D eigenvalue weighted by Gasteiger charge is 2.12. The zero-order valence-electron chi connectivity index (χ0n) is 12.4. The Bertz CT molecular complexity index is 1020. The fourth-order valence-electron chi connectivity index (χ4n) is 2.85. The molecule has 0 saturated carbocycles. The molecule has 114 valence electrons. The van der Waals surface area contributed by atoms with E-state index in [4.69, 9.17) is 23.2 Å². The number of fused-ring (bicyclic) bond motifs is 2. The van der Waals surface area contributed by atoms with Crippen molar-refractivity contribution in [3.63, 3.8) is 0 Å². The van der Waals surface area contributed by atoms with Gasteiger partial charge < -0.3 is 0 Å². The van der Waals surface area contributed by atoms with Crippen molar-refractivity contribution < 1.29 is 0 Å². The molecule has 0 N–H and O–H groups in total. The minimum Gasteiger partial charge on any atom is -0.260 e. The Morgan fingerprint density at radius 3 is 2.61 bits per heavy atom. The normalized spacial score (nSPS) is 11.4. The lowest BCUT2D eigenvalue weighted by atomic mass is 10.1. The Morgan fingerprint density at radius 2 is 1.83 bits per heavy atom. The number of pyridine rings is 1. The van der Waals surface area contributed by atoms with Crippen molar-refractivity contribution in [1.82, 2.24) is 14.8 Å². The van der Waals surface area contributed by atoms with E-state index < -0.39 is 0 Å². The van der Waals surface area contributed by atoms with Crippen molar-refractivity contribution in [3.8, 4) is 0 Å². The zero-order chi connectivity index (χ0) is 16.0. The molecule has 0 aliphatic carbocycles. The van der Waals surface area contributed by atoms with Crippen molar-refractivity contribution in [2.24, 2.45) is 0 Å². The van der Waals surface area contributed by atoms with Crippen LogP contribution in [0, 0.1) is 6.92 Å². The SMILES string of the molecule is Cc1nn(Cc2c(Cl)cccc2Cl)c2cc3cccnc3cc12. The van der Waals surface area contributed by atoms with Gasteiger partial charge in [-0.05, 0) is 37.3 Å². The van der Waals surface area contributed by atoms with E-state index in [1.54, 1.807) is 6.20 Å². The lowest BCUT2D eigenvalue weighted by Crippen LogP contribution is -2.03. The van der Waals surface area contributed by atoms with Gasteiger partial charge in [-0.25, -0.2) is 0 Å². The van der Waals surface area contributed by atoms with Crippen molar-refractivity contribution in [3.05, 3.63) is 70.0 Å². The number of nitrogens with zero attached hydrogens (tertiary/aromatic N) is 3. The molecule has 0 aliphatic heterocycles. The van der Waals surface area contributed by atoms with E-state index in [0.717, 1.165) is 33.1 Å². The maximum atomic E-state index is 6.30. The highest BCUT2D eigenvalue weighted by atomic mass is 35.5. The number of aryl methyl sites for hydroxylation is 1. The molecule has 23 heavy (non-hydrogen) atoms. The van der Waals surface area contributed by atoms with Crippen LogP contribution in [0.2, 0.25) is 10.0 Å². The molecule has 2 aromatic heterocycles. The molecule has 0 unspecified atom stereocenters. The third kappa shape index (κ3) is 2.46. The summed E-state index contributed by atoms with van der Waals surface area (Å²) in [5.41, 5.74) is 3.87. The Balaban J connectivity index is 1.92. The van der Waals surface area contributed by atoms with E-state index in [1.165, 1.54) is 0 Å². The lowest BCUT2D eigenvalue weighted by Gasteiger charge is -2.08. The highest BCUT2D eigenvalue weighted by molar-refractivity contribution is 6.36. The largest absolute Gasteiger partial charge is 0.260 e. The van der Waals surface area contributed by atoms with E-state index in [2.05, 4.69) is 28.3 Å². The van der Waals surface area contributed by atoms with Gasteiger partial charge in [0, 0.05) is 32.6 Å². The second kappa shape index (κ2) is 5.52. The molecule has 0 saturated heterocycles. The van der Waals surface area contributed by atoms with E-state index in [9.17, 15) is 0 Å². The second-order valence-corrected chi connectivity index (χ2v) is 6.32. The fourth-order valence-corrected chi connectivity index (χ4v) is 3.37. The number of hydrogen-bond donors (Lipinski definition) is 0.